The van der Waals surface area contributed by atoms with Crippen molar-refractivity contribution in [1.82, 2.24) is 5.32 Å². The molecule has 2 aromatic rings. The largest absolute Gasteiger partial charge is 0.489 e. The second kappa shape index (κ2) is 9.03. The van der Waals surface area contributed by atoms with Crippen molar-refractivity contribution in [3.8, 4) is 5.75 Å². The molecule has 1 amide bonds. The van der Waals surface area contributed by atoms with E-state index < -0.39 is 0 Å². The minimum absolute atomic E-state index is 0.209. The van der Waals surface area contributed by atoms with E-state index in [9.17, 15) is 9.18 Å². The predicted molar refractivity (Wildman–Crippen MR) is 92.2 cm³/mol. The summed E-state index contributed by atoms with van der Waals surface area (Å²) in [6.07, 6.45) is 1.80. The van der Waals surface area contributed by atoms with Crippen LogP contribution in [0.15, 0.2) is 48.5 Å². The van der Waals surface area contributed by atoms with E-state index in [0.717, 1.165) is 19.4 Å². The Morgan fingerprint density at radius 2 is 1.92 bits per heavy atom. The highest BCUT2D eigenvalue weighted by atomic mass is 19.1. The van der Waals surface area contributed by atoms with Gasteiger partial charge in [-0.05, 0) is 50.1 Å². The molecule has 0 aliphatic heterocycles. The van der Waals surface area contributed by atoms with Crippen LogP contribution < -0.4 is 15.8 Å². The third-order valence-electron chi connectivity index (χ3n) is 3.80. The number of ether oxygens (including phenoxy) is 1. The smallest absolute Gasteiger partial charge is 0.234 e. The number of hydrogen-bond acceptors (Lipinski definition) is 3. The third-order valence-corrected chi connectivity index (χ3v) is 3.80. The van der Waals surface area contributed by atoms with Crippen LogP contribution in [0.2, 0.25) is 0 Å². The summed E-state index contributed by atoms with van der Waals surface area (Å²) in [6.45, 7) is 2.70. The Hall–Kier alpha value is -2.40. The lowest BCUT2D eigenvalue weighted by molar-refractivity contribution is -0.119. The van der Waals surface area contributed by atoms with Gasteiger partial charge in [0.2, 0.25) is 5.91 Å². The lowest BCUT2D eigenvalue weighted by atomic mass is 10.1. The summed E-state index contributed by atoms with van der Waals surface area (Å²) in [7, 11) is 0. The van der Waals surface area contributed by atoms with Crippen molar-refractivity contribution in [3.63, 3.8) is 0 Å². The number of aryl methyl sites for hydroxylation is 1. The van der Waals surface area contributed by atoms with E-state index in [1.807, 2.05) is 24.3 Å². The number of carbonyl (C=O) groups is 1. The summed E-state index contributed by atoms with van der Waals surface area (Å²) in [5.74, 6) is 0.112. The molecular weight excluding hydrogens is 307 g/mol. The van der Waals surface area contributed by atoms with Crippen molar-refractivity contribution in [3.05, 3.63) is 65.5 Å². The minimum Gasteiger partial charge on any atom is -0.489 e. The molecule has 1 unspecified atom stereocenters. The number of amides is 1. The summed E-state index contributed by atoms with van der Waals surface area (Å²) in [4.78, 5) is 10.9. The zero-order valence-corrected chi connectivity index (χ0v) is 13.8. The van der Waals surface area contributed by atoms with Gasteiger partial charge in [0, 0.05) is 5.56 Å². The van der Waals surface area contributed by atoms with Crippen molar-refractivity contribution in [2.24, 2.45) is 5.73 Å². The number of nitrogens with one attached hydrogen (secondary N) is 1. The Labute approximate surface area is 141 Å². The minimum atomic E-state index is -0.341. The zero-order valence-electron chi connectivity index (χ0n) is 13.8. The van der Waals surface area contributed by atoms with E-state index >= 15 is 0 Å². The van der Waals surface area contributed by atoms with Gasteiger partial charge in [-0.2, -0.15) is 0 Å². The van der Waals surface area contributed by atoms with Gasteiger partial charge in [0.15, 0.2) is 0 Å². The molecule has 3 N–H and O–H groups in total. The molecule has 0 bridgehead atoms. The number of hydrogen-bond donors (Lipinski definition) is 2. The maximum atomic E-state index is 13.5. The van der Waals surface area contributed by atoms with Crippen molar-refractivity contribution < 1.29 is 13.9 Å². The highest BCUT2D eigenvalue weighted by molar-refractivity contribution is 5.79. The molecule has 0 aliphatic rings. The highest BCUT2D eigenvalue weighted by Crippen LogP contribution is 2.16. The molecule has 0 saturated heterocycles. The Balaban J connectivity index is 1.74. The summed E-state index contributed by atoms with van der Waals surface area (Å²) >= 11 is 0. The van der Waals surface area contributed by atoms with E-state index in [4.69, 9.17) is 10.5 Å². The second-order valence-electron chi connectivity index (χ2n) is 5.71. The normalized spacial score (nSPS) is 11.9. The Bertz CT molecular complexity index is 659. The Kier molecular flexibility index (Phi) is 6.75. The molecule has 0 fully saturated rings. The van der Waals surface area contributed by atoms with E-state index in [2.05, 4.69) is 5.32 Å². The third kappa shape index (κ3) is 5.66. The van der Waals surface area contributed by atoms with Crippen LogP contribution in [0.1, 0.15) is 24.5 Å². The molecule has 0 spiro atoms. The first-order valence-electron chi connectivity index (χ1n) is 8.04. The number of primary amides is 1. The molecule has 2 rings (SSSR count). The lowest BCUT2D eigenvalue weighted by Crippen LogP contribution is -2.39. The fraction of sp³-hybridized carbons (Fsp3) is 0.316. The molecule has 5 heteroatoms. The molecule has 0 aromatic heterocycles. The molecule has 0 heterocycles. The van der Waals surface area contributed by atoms with Crippen LogP contribution >= 0.6 is 0 Å². The van der Waals surface area contributed by atoms with Crippen LogP contribution in [-0.4, -0.2) is 18.5 Å². The first kappa shape index (κ1) is 17.9. The van der Waals surface area contributed by atoms with Gasteiger partial charge in [0.1, 0.15) is 18.2 Å². The number of carbonyl (C=O) groups excluding carboxylic acids is 1. The predicted octanol–water partition coefficient (Wildman–Crippen LogP) is 2.80. The van der Waals surface area contributed by atoms with Gasteiger partial charge in [-0.25, -0.2) is 4.39 Å². The molecule has 4 nitrogen and oxygen atoms in total. The van der Waals surface area contributed by atoms with Crippen LogP contribution in [0, 0.1) is 5.82 Å². The molecule has 0 aliphatic carbocycles. The first-order chi connectivity index (χ1) is 11.6. The highest BCUT2D eigenvalue weighted by Gasteiger charge is 2.06. The summed E-state index contributed by atoms with van der Waals surface area (Å²) in [6, 6.07) is 14.0. The number of benzene rings is 2. The summed E-state index contributed by atoms with van der Waals surface area (Å²) in [5, 5.41) is 3.07. The quantitative estimate of drug-likeness (QED) is 0.695. The molecule has 2 aromatic carbocycles. The van der Waals surface area contributed by atoms with E-state index in [1.54, 1.807) is 25.1 Å². The number of halogens is 1. The molecule has 128 valence electrons. The van der Waals surface area contributed by atoms with Gasteiger partial charge in [0.25, 0.3) is 0 Å². The topological polar surface area (TPSA) is 64.3 Å². The van der Waals surface area contributed by atoms with Gasteiger partial charge >= 0.3 is 0 Å². The fourth-order valence-electron chi connectivity index (χ4n) is 2.24. The van der Waals surface area contributed by atoms with Crippen LogP contribution in [0.4, 0.5) is 4.39 Å². The lowest BCUT2D eigenvalue weighted by Gasteiger charge is -2.10. The maximum absolute atomic E-state index is 13.5. The Morgan fingerprint density at radius 3 is 2.58 bits per heavy atom. The number of rotatable bonds is 9. The van der Waals surface area contributed by atoms with Gasteiger partial charge in [-0.1, -0.05) is 30.3 Å². The van der Waals surface area contributed by atoms with Crippen molar-refractivity contribution in [1.29, 1.82) is 0 Å². The first-order valence-corrected chi connectivity index (χ1v) is 8.04. The van der Waals surface area contributed by atoms with Gasteiger partial charge < -0.3 is 15.8 Å². The average Bonchev–Trinajstić information content (AvgIpc) is 2.58. The second-order valence-corrected chi connectivity index (χ2v) is 5.71. The van der Waals surface area contributed by atoms with Crippen molar-refractivity contribution in [2.75, 3.05) is 6.54 Å². The van der Waals surface area contributed by atoms with Crippen LogP contribution in [0.25, 0.3) is 0 Å². The average molecular weight is 330 g/mol. The van der Waals surface area contributed by atoms with E-state index in [-0.39, 0.29) is 24.4 Å². The Morgan fingerprint density at radius 1 is 1.21 bits per heavy atom. The molecule has 1 atom stereocenters. The van der Waals surface area contributed by atoms with Gasteiger partial charge in [-0.15, -0.1) is 0 Å². The summed E-state index contributed by atoms with van der Waals surface area (Å²) in [5.41, 5.74) is 6.91. The monoisotopic (exact) mass is 330 g/mol. The van der Waals surface area contributed by atoms with Crippen LogP contribution in [0.3, 0.4) is 0 Å². The SMILES string of the molecule is CC(NCCCc1ccc(OCc2ccccc2F)cc1)C(N)=O. The standard InChI is InChI=1S/C19H23FN2O2/c1-14(19(21)23)22-12-4-5-15-8-10-17(11-9-15)24-13-16-6-2-3-7-18(16)20/h2-3,6-11,14,22H,4-5,12-13H2,1H3,(H2,21,23). The molecular formula is C19H23FN2O2. The van der Waals surface area contributed by atoms with Crippen molar-refractivity contribution >= 4 is 5.91 Å². The van der Waals surface area contributed by atoms with E-state index in [0.29, 0.717) is 11.3 Å². The molecule has 0 radical (unpaired) electrons. The van der Waals surface area contributed by atoms with Crippen LogP contribution in [-0.2, 0) is 17.8 Å². The summed E-state index contributed by atoms with van der Waals surface area (Å²) < 4.78 is 19.1. The fourth-order valence-corrected chi connectivity index (χ4v) is 2.24. The van der Waals surface area contributed by atoms with Crippen molar-refractivity contribution in [2.45, 2.75) is 32.4 Å². The van der Waals surface area contributed by atoms with Gasteiger partial charge in [-0.3, -0.25) is 4.79 Å². The molecule has 24 heavy (non-hydrogen) atoms. The maximum Gasteiger partial charge on any atom is 0.234 e. The van der Waals surface area contributed by atoms with E-state index in [1.165, 1.54) is 11.6 Å². The molecule has 0 saturated carbocycles. The van der Waals surface area contributed by atoms with Gasteiger partial charge in [0.05, 0.1) is 6.04 Å². The number of nitrogens with two attached hydrogens (primary N) is 1. The zero-order chi connectivity index (χ0) is 17.4. The van der Waals surface area contributed by atoms with Crippen LogP contribution in [0.5, 0.6) is 5.75 Å².